The van der Waals surface area contributed by atoms with E-state index in [9.17, 15) is 4.79 Å². The van der Waals surface area contributed by atoms with Crippen LogP contribution in [0.5, 0.6) is 0 Å². The van der Waals surface area contributed by atoms with Crippen LogP contribution in [0.1, 0.15) is 28.4 Å². The summed E-state index contributed by atoms with van der Waals surface area (Å²) in [5, 5.41) is 5.11. The van der Waals surface area contributed by atoms with E-state index in [-0.39, 0.29) is 5.91 Å². The molecule has 4 nitrogen and oxygen atoms in total. The first kappa shape index (κ1) is 18.6. The molecule has 4 heteroatoms. The molecule has 0 bridgehead atoms. The lowest BCUT2D eigenvalue weighted by molar-refractivity contribution is 0.0956. The standard InChI is InChI=1S/C25H21N3O/c1-17-12-14-19(15-13-17)18(2)27-28-25(29)22-16-24(20-8-4-3-5-9-20)26-23-11-7-6-10-21(22)23/h3-16H,1-2H3,(H,28,29)/b27-18+. The van der Waals surface area contributed by atoms with Gasteiger partial charge in [0.05, 0.1) is 22.5 Å². The third-order valence-electron chi connectivity index (χ3n) is 4.82. The summed E-state index contributed by atoms with van der Waals surface area (Å²) in [6.07, 6.45) is 0. The van der Waals surface area contributed by atoms with Crippen LogP contribution in [0.2, 0.25) is 0 Å². The Labute approximate surface area is 169 Å². The Morgan fingerprint density at radius 3 is 2.34 bits per heavy atom. The summed E-state index contributed by atoms with van der Waals surface area (Å²) in [5.41, 5.74) is 8.66. The smallest absolute Gasteiger partial charge is 0.267 e. The van der Waals surface area contributed by atoms with Gasteiger partial charge in [0.25, 0.3) is 5.91 Å². The fourth-order valence-corrected chi connectivity index (χ4v) is 3.17. The maximum absolute atomic E-state index is 13.0. The van der Waals surface area contributed by atoms with Crippen molar-refractivity contribution in [2.75, 3.05) is 0 Å². The Morgan fingerprint density at radius 1 is 0.897 bits per heavy atom. The van der Waals surface area contributed by atoms with Crippen molar-refractivity contribution in [1.29, 1.82) is 0 Å². The number of fused-ring (bicyclic) bond motifs is 1. The van der Waals surface area contributed by atoms with Gasteiger partial charge in [-0.05, 0) is 31.5 Å². The van der Waals surface area contributed by atoms with Crippen molar-refractivity contribution in [3.63, 3.8) is 0 Å². The fraction of sp³-hybridized carbons (Fsp3) is 0.0800. The topological polar surface area (TPSA) is 54.4 Å². The van der Waals surface area contributed by atoms with E-state index in [0.717, 1.165) is 33.4 Å². The van der Waals surface area contributed by atoms with Crippen molar-refractivity contribution in [1.82, 2.24) is 10.4 Å². The minimum atomic E-state index is -0.257. The second-order valence-electron chi connectivity index (χ2n) is 6.94. The van der Waals surface area contributed by atoms with Gasteiger partial charge in [-0.3, -0.25) is 4.79 Å². The van der Waals surface area contributed by atoms with E-state index in [0.29, 0.717) is 5.56 Å². The van der Waals surface area contributed by atoms with Gasteiger partial charge in [-0.2, -0.15) is 5.10 Å². The molecule has 0 radical (unpaired) electrons. The second kappa shape index (κ2) is 8.07. The molecule has 4 rings (SSSR count). The lowest BCUT2D eigenvalue weighted by Crippen LogP contribution is -2.20. The number of aromatic nitrogens is 1. The van der Waals surface area contributed by atoms with Gasteiger partial charge < -0.3 is 0 Å². The summed E-state index contributed by atoms with van der Waals surface area (Å²) in [6, 6.07) is 27.4. The van der Waals surface area contributed by atoms with Crippen molar-refractivity contribution >= 4 is 22.5 Å². The third-order valence-corrected chi connectivity index (χ3v) is 4.82. The molecule has 0 unspecified atom stereocenters. The van der Waals surface area contributed by atoms with E-state index in [4.69, 9.17) is 4.98 Å². The van der Waals surface area contributed by atoms with Crippen LogP contribution in [0.3, 0.4) is 0 Å². The Bertz CT molecular complexity index is 1200. The van der Waals surface area contributed by atoms with Gasteiger partial charge >= 0.3 is 0 Å². The lowest BCUT2D eigenvalue weighted by Gasteiger charge is -2.09. The molecule has 1 heterocycles. The zero-order chi connectivity index (χ0) is 20.2. The van der Waals surface area contributed by atoms with Crippen LogP contribution in [0.15, 0.2) is 90.0 Å². The molecular weight excluding hydrogens is 358 g/mol. The lowest BCUT2D eigenvalue weighted by atomic mass is 10.0. The number of carbonyl (C=O) groups is 1. The van der Waals surface area contributed by atoms with Crippen molar-refractivity contribution in [3.8, 4) is 11.3 Å². The maximum atomic E-state index is 13.0. The minimum absolute atomic E-state index is 0.257. The highest BCUT2D eigenvalue weighted by Crippen LogP contribution is 2.24. The first-order valence-electron chi connectivity index (χ1n) is 9.49. The van der Waals surface area contributed by atoms with Crippen molar-refractivity contribution in [2.24, 2.45) is 5.10 Å². The predicted octanol–water partition coefficient (Wildman–Crippen LogP) is 5.36. The van der Waals surface area contributed by atoms with Crippen molar-refractivity contribution in [2.45, 2.75) is 13.8 Å². The first-order valence-corrected chi connectivity index (χ1v) is 9.49. The Balaban J connectivity index is 1.69. The Kier molecular flexibility index (Phi) is 5.16. The van der Waals surface area contributed by atoms with E-state index in [1.54, 1.807) is 0 Å². The summed E-state index contributed by atoms with van der Waals surface area (Å²) >= 11 is 0. The number of para-hydroxylation sites is 1. The van der Waals surface area contributed by atoms with Gasteiger partial charge in [-0.25, -0.2) is 10.4 Å². The van der Waals surface area contributed by atoms with E-state index < -0.39 is 0 Å². The number of nitrogens with zero attached hydrogens (tertiary/aromatic N) is 2. The average molecular weight is 379 g/mol. The molecule has 1 N–H and O–H groups in total. The monoisotopic (exact) mass is 379 g/mol. The number of rotatable bonds is 4. The van der Waals surface area contributed by atoms with E-state index in [1.807, 2.05) is 98.8 Å². The van der Waals surface area contributed by atoms with E-state index in [1.165, 1.54) is 5.56 Å². The average Bonchev–Trinajstić information content (AvgIpc) is 2.77. The number of aryl methyl sites for hydroxylation is 1. The van der Waals surface area contributed by atoms with Gasteiger partial charge in [0.15, 0.2) is 0 Å². The van der Waals surface area contributed by atoms with E-state index >= 15 is 0 Å². The number of hydrazone groups is 1. The minimum Gasteiger partial charge on any atom is -0.267 e. The zero-order valence-corrected chi connectivity index (χ0v) is 16.4. The van der Waals surface area contributed by atoms with Crippen LogP contribution in [-0.2, 0) is 0 Å². The number of amides is 1. The first-order chi connectivity index (χ1) is 14.1. The van der Waals surface area contributed by atoms with E-state index in [2.05, 4.69) is 10.5 Å². The van der Waals surface area contributed by atoms with Gasteiger partial charge in [-0.1, -0.05) is 78.4 Å². The molecule has 0 aliphatic heterocycles. The highest BCUT2D eigenvalue weighted by atomic mass is 16.2. The molecule has 142 valence electrons. The van der Waals surface area contributed by atoms with Crippen LogP contribution >= 0.6 is 0 Å². The molecule has 0 fully saturated rings. The van der Waals surface area contributed by atoms with Gasteiger partial charge in [0.2, 0.25) is 0 Å². The van der Waals surface area contributed by atoms with Crippen LogP contribution < -0.4 is 5.43 Å². The molecule has 4 aromatic rings. The number of pyridine rings is 1. The highest BCUT2D eigenvalue weighted by Gasteiger charge is 2.13. The van der Waals surface area contributed by atoms with Gasteiger partial charge in [0.1, 0.15) is 0 Å². The number of benzene rings is 3. The third kappa shape index (κ3) is 4.06. The summed E-state index contributed by atoms with van der Waals surface area (Å²) in [4.78, 5) is 17.7. The molecule has 0 spiro atoms. The zero-order valence-electron chi connectivity index (χ0n) is 16.4. The molecule has 0 saturated carbocycles. The van der Waals surface area contributed by atoms with Gasteiger partial charge in [0, 0.05) is 10.9 Å². The summed E-state index contributed by atoms with van der Waals surface area (Å²) in [6.45, 7) is 3.92. The Hall–Kier alpha value is -3.79. The quantitative estimate of drug-likeness (QED) is 0.383. The number of hydrogen-bond acceptors (Lipinski definition) is 3. The molecular formula is C25H21N3O. The largest absolute Gasteiger partial charge is 0.272 e. The van der Waals surface area contributed by atoms with Crippen LogP contribution in [0.4, 0.5) is 0 Å². The SMILES string of the molecule is C/C(=N\NC(=O)c1cc(-c2ccccc2)nc2ccccc12)c1ccc(C)cc1. The highest BCUT2D eigenvalue weighted by molar-refractivity contribution is 6.08. The fourth-order valence-electron chi connectivity index (χ4n) is 3.17. The summed E-state index contributed by atoms with van der Waals surface area (Å²) in [5.74, 6) is -0.257. The molecule has 1 aromatic heterocycles. The van der Waals surface area contributed by atoms with Gasteiger partial charge in [-0.15, -0.1) is 0 Å². The molecule has 0 aliphatic rings. The van der Waals surface area contributed by atoms with Crippen LogP contribution in [-0.4, -0.2) is 16.6 Å². The molecule has 29 heavy (non-hydrogen) atoms. The normalized spacial score (nSPS) is 11.4. The van der Waals surface area contributed by atoms with Crippen LogP contribution in [0, 0.1) is 6.92 Å². The predicted molar refractivity (Wildman–Crippen MR) is 118 cm³/mol. The van der Waals surface area contributed by atoms with Crippen LogP contribution in [0.25, 0.3) is 22.2 Å². The molecule has 0 aliphatic carbocycles. The number of carbonyl (C=O) groups excluding carboxylic acids is 1. The second-order valence-corrected chi connectivity index (χ2v) is 6.94. The molecule has 0 saturated heterocycles. The molecule has 0 atom stereocenters. The summed E-state index contributed by atoms with van der Waals surface area (Å²) in [7, 11) is 0. The van der Waals surface area contributed by atoms with Crippen molar-refractivity contribution in [3.05, 3.63) is 102 Å². The Morgan fingerprint density at radius 2 is 1.59 bits per heavy atom. The molecule has 3 aromatic carbocycles. The molecule has 1 amide bonds. The summed E-state index contributed by atoms with van der Waals surface area (Å²) < 4.78 is 0. The number of nitrogens with one attached hydrogen (secondary N) is 1. The maximum Gasteiger partial charge on any atom is 0.272 e. The van der Waals surface area contributed by atoms with Crippen molar-refractivity contribution < 1.29 is 4.79 Å². The number of hydrogen-bond donors (Lipinski definition) is 1.